The number of nitrogens with zero attached hydrogens (tertiary/aromatic N) is 2. The molecule has 1 atom stereocenters. The van der Waals surface area contributed by atoms with Crippen LogP contribution < -0.4 is 10.6 Å². The van der Waals surface area contributed by atoms with Crippen LogP contribution in [0.1, 0.15) is 29.9 Å². The van der Waals surface area contributed by atoms with Crippen molar-refractivity contribution in [3.63, 3.8) is 0 Å². The monoisotopic (exact) mass is 349 g/mol. The van der Waals surface area contributed by atoms with Gasteiger partial charge in [-0.3, -0.25) is 9.89 Å². The third-order valence-corrected chi connectivity index (χ3v) is 5.16. The van der Waals surface area contributed by atoms with Gasteiger partial charge in [-0.25, -0.2) is 4.98 Å². The van der Waals surface area contributed by atoms with Crippen molar-refractivity contribution in [2.24, 2.45) is 5.92 Å². The van der Waals surface area contributed by atoms with Crippen molar-refractivity contribution in [1.29, 1.82) is 0 Å². The van der Waals surface area contributed by atoms with Crippen LogP contribution in [-0.4, -0.2) is 40.7 Å². The van der Waals surface area contributed by atoms with Crippen LogP contribution in [0.3, 0.4) is 0 Å². The maximum Gasteiger partial charge on any atom is 0.223 e. The second-order valence-corrected chi connectivity index (χ2v) is 6.77. The maximum atomic E-state index is 12.6. The molecule has 2 aromatic heterocycles. The normalized spacial score (nSPS) is 16.5. The molecule has 1 fully saturated rings. The fourth-order valence-electron chi connectivity index (χ4n) is 3.70. The van der Waals surface area contributed by atoms with Gasteiger partial charge in [-0.2, -0.15) is 5.10 Å². The number of aromatic amines is 1. The van der Waals surface area contributed by atoms with E-state index in [2.05, 4.69) is 37.9 Å². The molecule has 1 saturated heterocycles. The minimum absolute atomic E-state index is 0.0602. The molecule has 3 aromatic rings. The molecular weight excluding hydrogens is 326 g/mol. The van der Waals surface area contributed by atoms with E-state index in [-0.39, 0.29) is 17.7 Å². The summed E-state index contributed by atoms with van der Waals surface area (Å²) in [4.78, 5) is 16.9. The lowest BCUT2D eigenvalue weighted by Crippen LogP contribution is -2.39. The molecule has 1 unspecified atom stereocenters. The molecule has 3 heterocycles. The molecule has 0 bridgehead atoms. The Morgan fingerprint density at radius 1 is 1.19 bits per heavy atom. The van der Waals surface area contributed by atoms with Crippen LogP contribution in [-0.2, 0) is 4.79 Å². The summed E-state index contributed by atoms with van der Waals surface area (Å²) in [6, 6.07) is 12.3. The number of fused-ring (bicyclic) bond motifs is 1. The zero-order valence-electron chi connectivity index (χ0n) is 14.6. The van der Waals surface area contributed by atoms with Gasteiger partial charge in [0.15, 0.2) is 5.65 Å². The van der Waals surface area contributed by atoms with E-state index in [1.54, 1.807) is 6.20 Å². The third-order valence-electron chi connectivity index (χ3n) is 5.16. The zero-order valence-corrected chi connectivity index (χ0v) is 14.6. The lowest BCUT2D eigenvalue weighted by atomic mass is 9.89. The molecule has 6 nitrogen and oxygen atoms in total. The zero-order chi connectivity index (χ0) is 17.8. The van der Waals surface area contributed by atoms with Crippen LogP contribution in [0.5, 0.6) is 0 Å². The Balaban J connectivity index is 1.60. The van der Waals surface area contributed by atoms with Crippen molar-refractivity contribution < 1.29 is 4.79 Å². The average Bonchev–Trinajstić information content (AvgIpc) is 3.19. The number of rotatable bonds is 5. The van der Waals surface area contributed by atoms with Crippen molar-refractivity contribution in [2.45, 2.75) is 18.8 Å². The molecule has 0 spiro atoms. The fourth-order valence-corrected chi connectivity index (χ4v) is 3.70. The van der Waals surface area contributed by atoms with Crippen LogP contribution >= 0.6 is 0 Å². The summed E-state index contributed by atoms with van der Waals surface area (Å²) in [7, 11) is 0. The first-order chi connectivity index (χ1) is 12.8. The van der Waals surface area contributed by atoms with E-state index in [0.29, 0.717) is 6.54 Å². The molecule has 6 heteroatoms. The van der Waals surface area contributed by atoms with Gasteiger partial charge in [0, 0.05) is 30.0 Å². The number of benzene rings is 1. The Labute approximate surface area is 152 Å². The number of aromatic nitrogens is 3. The van der Waals surface area contributed by atoms with Gasteiger partial charge in [0.2, 0.25) is 5.91 Å². The molecule has 1 amide bonds. The highest BCUT2D eigenvalue weighted by Crippen LogP contribution is 2.29. The van der Waals surface area contributed by atoms with Crippen molar-refractivity contribution >= 4 is 16.9 Å². The summed E-state index contributed by atoms with van der Waals surface area (Å²) in [6.45, 7) is 2.40. The van der Waals surface area contributed by atoms with E-state index in [0.717, 1.165) is 42.5 Å². The number of piperidine rings is 1. The Morgan fingerprint density at radius 2 is 2.00 bits per heavy atom. The first-order valence-corrected chi connectivity index (χ1v) is 9.14. The summed E-state index contributed by atoms with van der Waals surface area (Å²) >= 11 is 0. The largest absolute Gasteiger partial charge is 0.355 e. The minimum Gasteiger partial charge on any atom is -0.355 e. The molecule has 134 valence electrons. The molecule has 26 heavy (non-hydrogen) atoms. The third kappa shape index (κ3) is 3.46. The molecular formula is C20H23N5O. The molecule has 1 aromatic carbocycles. The number of pyridine rings is 1. The van der Waals surface area contributed by atoms with Gasteiger partial charge in [0.05, 0.1) is 6.20 Å². The average molecular weight is 349 g/mol. The van der Waals surface area contributed by atoms with Gasteiger partial charge in [-0.15, -0.1) is 0 Å². The Hall–Kier alpha value is -2.73. The summed E-state index contributed by atoms with van der Waals surface area (Å²) in [5, 5.41) is 14.5. The number of carbonyl (C=O) groups excluding carboxylic acids is 1. The number of H-pyrrole nitrogens is 1. The molecule has 0 aliphatic carbocycles. The van der Waals surface area contributed by atoms with Crippen molar-refractivity contribution in [2.75, 3.05) is 19.6 Å². The highest BCUT2D eigenvalue weighted by atomic mass is 16.1. The van der Waals surface area contributed by atoms with Crippen LogP contribution in [0, 0.1) is 5.92 Å². The topological polar surface area (TPSA) is 82.7 Å². The smallest absolute Gasteiger partial charge is 0.223 e. The second kappa shape index (κ2) is 7.66. The lowest BCUT2D eigenvalue weighted by molar-refractivity contribution is -0.125. The van der Waals surface area contributed by atoms with Gasteiger partial charge in [0.25, 0.3) is 0 Å². The van der Waals surface area contributed by atoms with Crippen LogP contribution in [0.25, 0.3) is 11.0 Å². The first kappa shape index (κ1) is 16.7. The second-order valence-electron chi connectivity index (χ2n) is 6.77. The molecule has 1 aliphatic rings. The maximum absolute atomic E-state index is 12.6. The SMILES string of the molecule is O=C(NCC(c1ccccc1)c1ccnc2[nH]ncc12)C1CCNCC1. The summed E-state index contributed by atoms with van der Waals surface area (Å²) in [6.07, 6.45) is 5.41. The van der Waals surface area contributed by atoms with Gasteiger partial charge >= 0.3 is 0 Å². The predicted octanol–water partition coefficient (Wildman–Crippen LogP) is 2.21. The van der Waals surface area contributed by atoms with Crippen molar-refractivity contribution in [1.82, 2.24) is 25.8 Å². The number of nitrogens with one attached hydrogen (secondary N) is 3. The standard InChI is InChI=1S/C20H23N5O/c26-20(15-6-9-21-10-7-15)23-12-17(14-4-2-1-3-5-14)16-8-11-22-19-18(16)13-24-25-19/h1-5,8,11,13,15,17,21H,6-7,9-10,12H2,(H,23,26)(H,22,24,25). The van der Waals surface area contributed by atoms with E-state index < -0.39 is 0 Å². The summed E-state index contributed by atoms with van der Waals surface area (Å²) in [5.41, 5.74) is 3.07. The van der Waals surface area contributed by atoms with Gasteiger partial charge in [-0.1, -0.05) is 30.3 Å². The number of carbonyl (C=O) groups is 1. The van der Waals surface area contributed by atoms with Crippen LogP contribution in [0.15, 0.2) is 48.8 Å². The molecule has 1 aliphatic heterocycles. The van der Waals surface area contributed by atoms with E-state index in [4.69, 9.17) is 0 Å². The van der Waals surface area contributed by atoms with Gasteiger partial charge in [-0.05, 0) is 43.1 Å². The van der Waals surface area contributed by atoms with Gasteiger partial charge < -0.3 is 10.6 Å². The molecule has 4 rings (SSSR count). The summed E-state index contributed by atoms with van der Waals surface area (Å²) in [5.74, 6) is 0.328. The lowest BCUT2D eigenvalue weighted by Gasteiger charge is -2.24. The molecule has 0 saturated carbocycles. The molecule has 0 radical (unpaired) electrons. The van der Waals surface area contributed by atoms with E-state index in [9.17, 15) is 4.79 Å². The van der Waals surface area contributed by atoms with E-state index in [1.165, 1.54) is 5.56 Å². The fraction of sp³-hybridized carbons (Fsp3) is 0.350. The van der Waals surface area contributed by atoms with E-state index >= 15 is 0 Å². The minimum atomic E-state index is 0.0602. The Morgan fingerprint density at radius 3 is 2.81 bits per heavy atom. The van der Waals surface area contributed by atoms with Gasteiger partial charge in [0.1, 0.15) is 0 Å². The van der Waals surface area contributed by atoms with Crippen LogP contribution in [0.4, 0.5) is 0 Å². The predicted molar refractivity (Wildman–Crippen MR) is 101 cm³/mol. The Kier molecular flexibility index (Phi) is 4.93. The Bertz CT molecular complexity index is 870. The van der Waals surface area contributed by atoms with Crippen molar-refractivity contribution in [3.05, 3.63) is 59.9 Å². The first-order valence-electron chi connectivity index (χ1n) is 9.14. The van der Waals surface area contributed by atoms with E-state index in [1.807, 2.05) is 30.5 Å². The number of amides is 1. The molecule has 3 N–H and O–H groups in total. The highest BCUT2D eigenvalue weighted by Gasteiger charge is 2.23. The summed E-state index contributed by atoms with van der Waals surface area (Å²) < 4.78 is 0. The van der Waals surface area contributed by atoms with Crippen molar-refractivity contribution in [3.8, 4) is 0 Å². The number of hydrogen-bond donors (Lipinski definition) is 3. The quantitative estimate of drug-likeness (QED) is 0.659. The highest BCUT2D eigenvalue weighted by molar-refractivity contribution is 5.80. The van der Waals surface area contributed by atoms with Crippen LogP contribution in [0.2, 0.25) is 0 Å². The number of hydrogen-bond acceptors (Lipinski definition) is 4.